The van der Waals surface area contributed by atoms with Gasteiger partial charge in [-0.2, -0.15) is 0 Å². The van der Waals surface area contributed by atoms with E-state index >= 15 is 4.39 Å². The maximum atomic E-state index is 15.2. The Labute approximate surface area is 247 Å². The number of aromatic nitrogens is 3. The van der Waals surface area contributed by atoms with Gasteiger partial charge < -0.3 is 20.9 Å². The van der Waals surface area contributed by atoms with Crippen molar-refractivity contribution in [1.29, 1.82) is 0 Å². The van der Waals surface area contributed by atoms with Crippen LogP contribution < -0.4 is 20.9 Å². The van der Waals surface area contributed by atoms with Crippen molar-refractivity contribution in [2.75, 3.05) is 12.8 Å². The number of pyridine rings is 1. The van der Waals surface area contributed by atoms with E-state index in [0.29, 0.717) is 50.9 Å². The summed E-state index contributed by atoms with van der Waals surface area (Å²) in [7, 11) is 3.66. The molecule has 0 saturated heterocycles. The third-order valence-electron chi connectivity index (χ3n) is 6.16. The number of methoxy groups -OCH3 is 1. The van der Waals surface area contributed by atoms with Gasteiger partial charge in [0.25, 0.3) is 0 Å². The molecule has 2 heterocycles. The number of nitrogen functional groups attached to an aromatic ring is 1. The van der Waals surface area contributed by atoms with E-state index in [4.69, 9.17) is 16.2 Å². The second kappa shape index (κ2) is 13.6. The second-order valence-corrected chi connectivity index (χ2v) is 9.79. The average Bonchev–Trinajstić information content (AvgIpc) is 2.96. The molecule has 0 bridgehead atoms. The molecule has 9 nitrogen and oxygen atoms in total. The Bertz CT molecular complexity index is 1710. The molecular formula is C29H28F4N7O2P. The maximum Gasteiger partial charge on any atom is 0.573 e. The molecule has 0 aliphatic carbocycles. The zero-order valence-corrected chi connectivity index (χ0v) is 24.3. The highest BCUT2D eigenvalue weighted by Gasteiger charge is 2.32. The number of allylic oxidation sites excluding steroid dienone is 2. The summed E-state index contributed by atoms with van der Waals surface area (Å²) in [6, 6.07) is 8.72. The number of alkyl halides is 3. The number of hydrogen-bond acceptors (Lipinski definition) is 9. The number of halogens is 4. The molecule has 1 unspecified atom stereocenters. The summed E-state index contributed by atoms with van der Waals surface area (Å²) in [6.07, 6.45) is 2.74. The molecule has 0 radical (unpaired) electrons. The van der Waals surface area contributed by atoms with E-state index in [-0.39, 0.29) is 23.8 Å². The fraction of sp³-hybridized carbons (Fsp3) is 0.207. The first kappa shape index (κ1) is 31.3. The van der Waals surface area contributed by atoms with Crippen LogP contribution in [0.1, 0.15) is 30.9 Å². The van der Waals surface area contributed by atoms with Crippen LogP contribution in [0.5, 0.6) is 11.5 Å². The molecule has 0 aliphatic rings. The molecule has 0 amide bonds. The monoisotopic (exact) mass is 613 g/mol. The quantitative estimate of drug-likeness (QED) is 0.117. The van der Waals surface area contributed by atoms with Crippen LogP contribution in [0.3, 0.4) is 0 Å². The van der Waals surface area contributed by atoms with Crippen molar-refractivity contribution < 1.29 is 27.0 Å². The van der Waals surface area contributed by atoms with Gasteiger partial charge >= 0.3 is 6.36 Å². The molecule has 0 saturated carbocycles. The number of ether oxygens (including phenoxy) is 2. The van der Waals surface area contributed by atoms with Crippen LogP contribution >= 0.6 is 9.24 Å². The van der Waals surface area contributed by atoms with Gasteiger partial charge in [-0.1, -0.05) is 28.7 Å². The van der Waals surface area contributed by atoms with Crippen molar-refractivity contribution in [3.8, 4) is 11.5 Å². The Morgan fingerprint density at radius 3 is 2.47 bits per heavy atom. The van der Waals surface area contributed by atoms with Crippen molar-refractivity contribution >= 4 is 49.1 Å². The van der Waals surface area contributed by atoms with Crippen molar-refractivity contribution in [3.63, 3.8) is 0 Å². The fourth-order valence-corrected chi connectivity index (χ4v) is 4.47. The number of nitrogens with two attached hydrogens (primary N) is 2. The number of anilines is 1. The lowest BCUT2D eigenvalue weighted by atomic mass is 10.0. The standard InChI is InChI=1S/C29H28F4N7O2P/c1-3-4-18(13-37-19-14-38-28(35)39-15-19)26(34)27(43)40-22-6-5-16(10-21(22)30)9-17-7-8-36-23-12-24(41-2)25(11-20(17)23)42-29(31,32)33/h5-8,10-15H,3-4,9,34,43H2,1-2H3,(H2,35,38,39). The van der Waals surface area contributed by atoms with Crippen LogP contribution in [0.4, 0.5) is 34.9 Å². The van der Waals surface area contributed by atoms with E-state index in [1.807, 2.05) is 6.92 Å². The maximum absolute atomic E-state index is 15.2. The smallest absolute Gasteiger partial charge is 0.493 e. The number of aliphatic imine (C=N–C) groups is 2. The molecule has 224 valence electrons. The van der Waals surface area contributed by atoms with Gasteiger partial charge in [-0.15, -0.1) is 13.2 Å². The van der Waals surface area contributed by atoms with E-state index < -0.39 is 17.9 Å². The minimum absolute atomic E-state index is 0.0570. The van der Waals surface area contributed by atoms with Crippen LogP contribution in [0, 0.1) is 5.82 Å². The Hall–Kier alpha value is -4.64. The first-order valence-electron chi connectivity index (χ1n) is 12.9. The Balaban J connectivity index is 1.60. The van der Waals surface area contributed by atoms with Gasteiger partial charge in [0, 0.05) is 23.9 Å². The lowest BCUT2D eigenvalue weighted by Gasteiger charge is -2.15. The predicted molar refractivity (Wildman–Crippen MR) is 162 cm³/mol. The molecule has 0 spiro atoms. The Morgan fingerprint density at radius 1 is 1.07 bits per heavy atom. The van der Waals surface area contributed by atoms with Crippen molar-refractivity contribution in [1.82, 2.24) is 15.0 Å². The van der Waals surface area contributed by atoms with Gasteiger partial charge in [-0.25, -0.2) is 19.4 Å². The molecule has 0 fully saturated rings. The normalized spacial score (nSPS) is 13.0. The number of hydrogen-bond donors (Lipinski definition) is 2. The van der Waals surface area contributed by atoms with Crippen molar-refractivity contribution in [3.05, 3.63) is 83.2 Å². The number of rotatable bonds is 10. The summed E-state index contributed by atoms with van der Waals surface area (Å²) in [6.45, 7) is 1.98. The zero-order valence-electron chi connectivity index (χ0n) is 23.2. The summed E-state index contributed by atoms with van der Waals surface area (Å²) < 4.78 is 63.3. The van der Waals surface area contributed by atoms with E-state index in [9.17, 15) is 13.2 Å². The number of nitrogens with zero attached hydrogens (tertiary/aromatic N) is 5. The van der Waals surface area contributed by atoms with Crippen LogP contribution in [0.25, 0.3) is 10.9 Å². The molecule has 4 N–H and O–H groups in total. The van der Waals surface area contributed by atoms with Crippen LogP contribution in [-0.4, -0.2) is 40.1 Å². The summed E-state index contributed by atoms with van der Waals surface area (Å²) >= 11 is 0. The first-order valence-corrected chi connectivity index (χ1v) is 13.5. The van der Waals surface area contributed by atoms with Crippen molar-refractivity contribution in [2.45, 2.75) is 32.5 Å². The first-order chi connectivity index (χ1) is 20.5. The van der Waals surface area contributed by atoms with Gasteiger partial charge in [0.05, 0.1) is 47.5 Å². The predicted octanol–water partition coefficient (Wildman–Crippen LogP) is 6.56. The third-order valence-corrected chi connectivity index (χ3v) is 6.60. The fourth-order valence-electron chi connectivity index (χ4n) is 4.14. The largest absolute Gasteiger partial charge is 0.573 e. The molecule has 2 aromatic heterocycles. The van der Waals surface area contributed by atoms with E-state index in [0.717, 1.165) is 6.42 Å². The number of fused-ring (bicyclic) bond motifs is 1. The van der Waals surface area contributed by atoms with Crippen LogP contribution in [-0.2, 0) is 6.42 Å². The third kappa shape index (κ3) is 8.23. The van der Waals surface area contributed by atoms with Crippen LogP contribution in [0.15, 0.2) is 76.2 Å². The highest BCUT2D eigenvalue weighted by molar-refractivity contribution is 7.42. The Morgan fingerprint density at radius 2 is 1.81 bits per heavy atom. The highest BCUT2D eigenvalue weighted by atomic mass is 31.0. The van der Waals surface area contributed by atoms with Gasteiger partial charge in [0.2, 0.25) is 5.95 Å². The Kier molecular flexibility index (Phi) is 9.87. The highest BCUT2D eigenvalue weighted by Crippen LogP contribution is 2.37. The average molecular weight is 614 g/mol. The van der Waals surface area contributed by atoms with Crippen LogP contribution in [0.2, 0.25) is 0 Å². The molecule has 43 heavy (non-hydrogen) atoms. The molecule has 4 aromatic rings. The summed E-state index contributed by atoms with van der Waals surface area (Å²) in [5, 5.41) is 0.408. The lowest BCUT2D eigenvalue weighted by molar-refractivity contribution is -0.275. The van der Waals surface area contributed by atoms with Gasteiger partial charge in [-0.3, -0.25) is 9.98 Å². The number of benzene rings is 2. The molecule has 1 atom stereocenters. The summed E-state index contributed by atoms with van der Waals surface area (Å²) in [5.74, 6) is -1.08. The second-order valence-electron chi connectivity index (χ2n) is 9.24. The SMILES string of the molecule is CCCC(C=Nc1cnc(N)nc1)=C(N)C(P)=Nc1ccc(Cc2ccnc3cc(OC)c(OC(F)(F)F)cc23)cc1F. The minimum Gasteiger partial charge on any atom is -0.493 e. The van der Waals surface area contributed by atoms with Gasteiger partial charge in [0.15, 0.2) is 11.5 Å². The van der Waals surface area contributed by atoms with E-state index in [1.165, 1.54) is 50.0 Å². The minimum atomic E-state index is -4.91. The lowest BCUT2D eigenvalue weighted by Crippen LogP contribution is -2.17. The summed E-state index contributed by atoms with van der Waals surface area (Å²) in [5.41, 5.74) is 15.3. The summed E-state index contributed by atoms with van der Waals surface area (Å²) in [4.78, 5) is 20.7. The molecule has 0 aliphatic heterocycles. The van der Waals surface area contributed by atoms with Gasteiger partial charge in [-0.05, 0) is 53.8 Å². The topological polar surface area (TPSA) is 134 Å². The molecule has 2 aromatic carbocycles. The molecule has 14 heteroatoms. The van der Waals surface area contributed by atoms with E-state index in [2.05, 4.69) is 38.9 Å². The molecule has 4 rings (SSSR count). The van der Waals surface area contributed by atoms with Gasteiger partial charge in [0.1, 0.15) is 5.82 Å². The van der Waals surface area contributed by atoms with Crippen molar-refractivity contribution in [2.24, 2.45) is 15.7 Å². The molecular weight excluding hydrogens is 585 g/mol. The zero-order chi connectivity index (χ0) is 31.1. The van der Waals surface area contributed by atoms with E-state index in [1.54, 1.807) is 18.3 Å².